The van der Waals surface area contributed by atoms with E-state index in [2.05, 4.69) is 10.6 Å². The molecule has 12 nitrogen and oxygen atoms in total. The normalized spacial score (nSPS) is 21.7. The molecule has 3 rings (SSSR count). The van der Waals surface area contributed by atoms with Crippen LogP contribution in [0.2, 0.25) is 0 Å². The maximum Gasteiger partial charge on any atom is 0.409 e. The second kappa shape index (κ2) is 13.4. The molecule has 6 amide bonds. The van der Waals surface area contributed by atoms with Crippen LogP contribution in [0.5, 0.6) is 0 Å². The van der Waals surface area contributed by atoms with Crippen LogP contribution < -0.4 is 10.6 Å². The summed E-state index contributed by atoms with van der Waals surface area (Å²) in [4.78, 5) is 64.7. The van der Waals surface area contributed by atoms with Crippen molar-refractivity contribution in [3.8, 4) is 0 Å². The number of nitrogens with zero attached hydrogens (tertiary/aromatic N) is 3. The number of likely N-dealkylation sites (tertiary alicyclic amines) is 2. The van der Waals surface area contributed by atoms with Crippen molar-refractivity contribution in [3.05, 3.63) is 0 Å². The first-order valence-corrected chi connectivity index (χ1v) is 13.1. The van der Waals surface area contributed by atoms with Crippen molar-refractivity contribution in [2.75, 3.05) is 32.8 Å². The standard InChI is InChI=1S/C24H39N5O7/c1-2-36-24(34)27-12-9-19(10-13-27)25-23(33)26-21(31)20-8-5-11-29(20)22(32)18(15-28(35)16-30)14-17-6-3-4-7-17/h16-20,35H,2-15H2,1H3,(H2,25,26,31,33)/t18-,20+/m1/s1. The fourth-order valence-electron chi connectivity index (χ4n) is 5.55. The molecular formula is C24H39N5O7. The summed E-state index contributed by atoms with van der Waals surface area (Å²) < 4.78 is 4.99. The lowest BCUT2D eigenvalue weighted by Gasteiger charge is -2.32. The molecule has 202 valence electrons. The number of rotatable bonds is 9. The third-order valence-corrected chi connectivity index (χ3v) is 7.40. The van der Waals surface area contributed by atoms with Crippen molar-refractivity contribution in [1.29, 1.82) is 0 Å². The van der Waals surface area contributed by atoms with Gasteiger partial charge in [0.2, 0.25) is 12.3 Å². The molecule has 0 bridgehead atoms. The maximum atomic E-state index is 13.4. The Morgan fingerprint density at radius 1 is 1.06 bits per heavy atom. The summed E-state index contributed by atoms with van der Waals surface area (Å²) in [6.07, 6.45) is 6.87. The van der Waals surface area contributed by atoms with Gasteiger partial charge < -0.3 is 19.9 Å². The molecular weight excluding hydrogens is 470 g/mol. The number of amides is 6. The highest BCUT2D eigenvalue weighted by Gasteiger charge is 2.39. The topological polar surface area (TPSA) is 149 Å². The number of carbonyl (C=O) groups is 5. The van der Waals surface area contributed by atoms with Crippen LogP contribution in [-0.4, -0.2) is 95.3 Å². The van der Waals surface area contributed by atoms with E-state index in [1.54, 1.807) is 11.8 Å². The first kappa shape index (κ1) is 27.7. The SMILES string of the molecule is CCOC(=O)N1CCC(NC(=O)NC(=O)[C@@H]2CCCN2C(=O)[C@H](CC2CCCC2)CN(O)C=O)CC1. The second-order valence-electron chi connectivity index (χ2n) is 9.92. The molecule has 3 N–H and O–H groups in total. The van der Waals surface area contributed by atoms with Crippen molar-refractivity contribution >= 4 is 30.3 Å². The Kier molecular flexibility index (Phi) is 10.3. The monoisotopic (exact) mass is 509 g/mol. The summed E-state index contributed by atoms with van der Waals surface area (Å²) >= 11 is 0. The number of imide groups is 1. The minimum atomic E-state index is -0.775. The number of carbonyl (C=O) groups excluding carboxylic acids is 5. The highest BCUT2D eigenvalue weighted by atomic mass is 16.6. The average molecular weight is 510 g/mol. The number of hydrogen-bond donors (Lipinski definition) is 3. The molecule has 0 aromatic carbocycles. The van der Waals surface area contributed by atoms with Crippen LogP contribution in [0.15, 0.2) is 0 Å². The third-order valence-electron chi connectivity index (χ3n) is 7.40. The van der Waals surface area contributed by atoms with E-state index in [1.807, 2.05) is 0 Å². The molecule has 2 saturated heterocycles. The van der Waals surface area contributed by atoms with Gasteiger partial charge in [0.05, 0.1) is 19.1 Å². The van der Waals surface area contributed by atoms with Gasteiger partial charge in [-0.05, 0) is 44.9 Å². The van der Waals surface area contributed by atoms with Gasteiger partial charge in [0.1, 0.15) is 6.04 Å². The highest BCUT2D eigenvalue weighted by molar-refractivity contribution is 5.99. The molecule has 2 heterocycles. The molecule has 0 radical (unpaired) electrons. The van der Waals surface area contributed by atoms with Crippen LogP contribution in [-0.2, 0) is 19.1 Å². The summed E-state index contributed by atoms with van der Waals surface area (Å²) in [6, 6.07) is -1.58. The minimum Gasteiger partial charge on any atom is -0.450 e. The van der Waals surface area contributed by atoms with E-state index in [1.165, 1.54) is 4.90 Å². The van der Waals surface area contributed by atoms with Gasteiger partial charge >= 0.3 is 12.1 Å². The van der Waals surface area contributed by atoms with E-state index in [0.717, 1.165) is 25.7 Å². The second-order valence-corrected chi connectivity index (χ2v) is 9.92. The van der Waals surface area contributed by atoms with Gasteiger partial charge in [-0.15, -0.1) is 0 Å². The quantitative estimate of drug-likeness (QED) is 0.242. The van der Waals surface area contributed by atoms with E-state index >= 15 is 0 Å². The maximum absolute atomic E-state index is 13.4. The van der Waals surface area contributed by atoms with E-state index in [9.17, 15) is 29.2 Å². The van der Waals surface area contributed by atoms with Crippen LogP contribution in [0.4, 0.5) is 9.59 Å². The highest BCUT2D eigenvalue weighted by Crippen LogP contribution is 2.32. The fraction of sp³-hybridized carbons (Fsp3) is 0.792. The largest absolute Gasteiger partial charge is 0.450 e. The molecule has 0 aromatic heterocycles. The van der Waals surface area contributed by atoms with Crippen LogP contribution in [0.25, 0.3) is 0 Å². The number of nitrogens with one attached hydrogen (secondary N) is 2. The first-order chi connectivity index (χ1) is 17.3. The van der Waals surface area contributed by atoms with Gasteiger partial charge in [-0.3, -0.25) is 24.9 Å². The summed E-state index contributed by atoms with van der Waals surface area (Å²) in [5, 5.41) is 15.4. The third kappa shape index (κ3) is 7.55. The van der Waals surface area contributed by atoms with E-state index in [4.69, 9.17) is 4.74 Å². The lowest BCUT2D eigenvalue weighted by atomic mass is 9.91. The predicted octanol–water partition coefficient (Wildman–Crippen LogP) is 1.47. The summed E-state index contributed by atoms with van der Waals surface area (Å²) in [5.41, 5.74) is 0. The first-order valence-electron chi connectivity index (χ1n) is 13.1. The van der Waals surface area contributed by atoms with Gasteiger partial charge in [-0.2, -0.15) is 0 Å². The van der Waals surface area contributed by atoms with Crippen LogP contribution in [0.3, 0.4) is 0 Å². The van der Waals surface area contributed by atoms with Gasteiger partial charge in [0.15, 0.2) is 0 Å². The summed E-state index contributed by atoms with van der Waals surface area (Å²) in [7, 11) is 0. The Labute approximate surface area is 211 Å². The van der Waals surface area contributed by atoms with Crippen molar-refractivity contribution in [2.24, 2.45) is 11.8 Å². The van der Waals surface area contributed by atoms with E-state index in [-0.39, 0.29) is 31.0 Å². The number of hydrogen-bond acceptors (Lipinski definition) is 7. The van der Waals surface area contributed by atoms with Crippen molar-refractivity contribution in [2.45, 2.75) is 76.8 Å². The Bertz CT molecular complexity index is 796. The fourth-order valence-corrected chi connectivity index (χ4v) is 5.55. The van der Waals surface area contributed by atoms with Gasteiger partial charge in [-0.25, -0.2) is 14.7 Å². The Balaban J connectivity index is 1.52. The number of piperidine rings is 1. The van der Waals surface area contributed by atoms with Gasteiger partial charge in [0, 0.05) is 25.7 Å². The molecule has 1 aliphatic carbocycles. The van der Waals surface area contributed by atoms with Gasteiger partial charge in [-0.1, -0.05) is 25.7 Å². The van der Waals surface area contributed by atoms with Crippen LogP contribution in [0, 0.1) is 11.8 Å². The molecule has 0 unspecified atom stereocenters. The lowest BCUT2D eigenvalue weighted by molar-refractivity contribution is -0.158. The molecule has 2 atom stereocenters. The lowest BCUT2D eigenvalue weighted by Crippen LogP contribution is -2.54. The Hall–Kier alpha value is -2.89. The number of urea groups is 1. The molecule has 0 aromatic rings. The average Bonchev–Trinajstić information content (AvgIpc) is 3.56. The van der Waals surface area contributed by atoms with E-state index < -0.39 is 23.9 Å². The van der Waals surface area contributed by atoms with Crippen LogP contribution >= 0.6 is 0 Å². The van der Waals surface area contributed by atoms with Crippen LogP contribution in [0.1, 0.15) is 64.7 Å². The smallest absolute Gasteiger partial charge is 0.409 e. The zero-order chi connectivity index (χ0) is 26.1. The molecule has 36 heavy (non-hydrogen) atoms. The van der Waals surface area contributed by atoms with Gasteiger partial charge in [0.25, 0.3) is 5.91 Å². The zero-order valence-electron chi connectivity index (χ0n) is 21.0. The van der Waals surface area contributed by atoms with E-state index in [0.29, 0.717) is 69.3 Å². The molecule has 0 spiro atoms. The van der Waals surface area contributed by atoms with Crippen molar-refractivity contribution < 1.29 is 33.9 Å². The summed E-state index contributed by atoms with van der Waals surface area (Å²) in [5.74, 6) is -1.06. The molecule has 12 heteroatoms. The minimum absolute atomic E-state index is 0.116. The molecule has 3 fully saturated rings. The molecule has 1 saturated carbocycles. The molecule has 3 aliphatic rings. The Morgan fingerprint density at radius 2 is 1.75 bits per heavy atom. The molecule has 2 aliphatic heterocycles. The Morgan fingerprint density at radius 3 is 2.39 bits per heavy atom. The van der Waals surface area contributed by atoms with Crippen molar-refractivity contribution in [1.82, 2.24) is 25.5 Å². The number of hydroxylamine groups is 2. The summed E-state index contributed by atoms with van der Waals surface area (Å²) in [6.45, 7) is 3.22. The van der Waals surface area contributed by atoms with Crippen molar-refractivity contribution in [3.63, 3.8) is 0 Å². The predicted molar refractivity (Wildman–Crippen MR) is 128 cm³/mol. The number of ether oxygens (including phenoxy) is 1. The zero-order valence-corrected chi connectivity index (χ0v) is 21.0.